The molecular weight excluding hydrogens is 240 g/mol. The molecule has 2 aromatic rings. The fraction of sp³-hybridized carbons (Fsp3) is 0.133. The normalized spacial score (nSPS) is 11.8. The van der Waals surface area contributed by atoms with Gasteiger partial charge in [0.25, 0.3) is 0 Å². The molecule has 2 aromatic carbocycles. The van der Waals surface area contributed by atoms with Crippen LogP contribution >= 0.6 is 0 Å². The van der Waals surface area contributed by atoms with Crippen molar-refractivity contribution in [2.45, 2.75) is 13.0 Å². The van der Waals surface area contributed by atoms with Gasteiger partial charge < -0.3 is 16.2 Å². The van der Waals surface area contributed by atoms with Crippen LogP contribution < -0.4 is 11.1 Å². The number of nitrogens with two attached hydrogens (primary N) is 1. The van der Waals surface area contributed by atoms with E-state index in [0.29, 0.717) is 0 Å². The number of rotatable bonds is 4. The number of carbonyl (C=O) groups is 1. The zero-order valence-electron chi connectivity index (χ0n) is 10.6. The summed E-state index contributed by atoms with van der Waals surface area (Å²) in [7, 11) is 0. The molecule has 0 fully saturated rings. The van der Waals surface area contributed by atoms with Gasteiger partial charge in [0.15, 0.2) is 0 Å². The van der Waals surface area contributed by atoms with Crippen LogP contribution in [0.2, 0.25) is 0 Å². The van der Waals surface area contributed by atoms with Crippen LogP contribution in [0.15, 0.2) is 48.5 Å². The minimum atomic E-state index is -1.02. The van der Waals surface area contributed by atoms with Crippen molar-refractivity contribution in [1.82, 2.24) is 0 Å². The number of benzene rings is 2. The maximum absolute atomic E-state index is 11.0. The average Bonchev–Trinajstić information content (AvgIpc) is 2.41. The number of carboxylic acid groups (broad SMARTS) is 1. The van der Waals surface area contributed by atoms with Gasteiger partial charge in [0.05, 0.1) is 5.56 Å². The molecule has 0 saturated heterocycles. The number of hydrogen-bond acceptors (Lipinski definition) is 3. The SMILES string of the molecule is CC(Nc1ccc(N)c(C(=O)O)c1)c1ccccc1. The van der Waals surface area contributed by atoms with E-state index in [9.17, 15) is 4.79 Å². The van der Waals surface area contributed by atoms with Gasteiger partial charge in [-0.3, -0.25) is 0 Å². The Morgan fingerprint density at radius 2 is 1.89 bits per heavy atom. The van der Waals surface area contributed by atoms with Crippen LogP contribution in [-0.4, -0.2) is 11.1 Å². The molecule has 0 aliphatic rings. The summed E-state index contributed by atoms with van der Waals surface area (Å²) < 4.78 is 0. The third kappa shape index (κ3) is 3.04. The monoisotopic (exact) mass is 256 g/mol. The second kappa shape index (κ2) is 5.44. The minimum absolute atomic E-state index is 0.0893. The Morgan fingerprint density at radius 3 is 2.53 bits per heavy atom. The van der Waals surface area contributed by atoms with E-state index in [1.165, 1.54) is 0 Å². The first-order valence-corrected chi connectivity index (χ1v) is 6.02. The number of hydrogen-bond donors (Lipinski definition) is 3. The van der Waals surface area contributed by atoms with E-state index >= 15 is 0 Å². The van der Waals surface area contributed by atoms with Gasteiger partial charge >= 0.3 is 5.97 Å². The molecule has 0 amide bonds. The molecule has 0 heterocycles. The summed E-state index contributed by atoms with van der Waals surface area (Å²) >= 11 is 0. The van der Waals surface area contributed by atoms with Crippen molar-refractivity contribution in [2.24, 2.45) is 0 Å². The van der Waals surface area contributed by atoms with Gasteiger partial charge in [-0.15, -0.1) is 0 Å². The second-order valence-electron chi connectivity index (χ2n) is 4.38. The van der Waals surface area contributed by atoms with E-state index in [4.69, 9.17) is 10.8 Å². The fourth-order valence-electron chi connectivity index (χ4n) is 1.91. The Kier molecular flexibility index (Phi) is 3.71. The molecule has 0 aromatic heterocycles. The van der Waals surface area contributed by atoms with Gasteiger partial charge in [-0.2, -0.15) is 0 Å². The van der Waals surface area contributed by atoms with Crippen molar-refractivity contribution >= 4 is 17.3 Å². The molecule has 4 nitrogen and oxygen atoms in total. The summed E-state index contributed by atoms with van der Waals surface area (Å²) in [4.78, 5) is 11.0. The quantitative estimate of drug-likeness (QED) is 0.734. The lowest BCUT2D eigenvalue weighted by Crippen LogP contribution is -2.08. The van der Waals surface area contributed by atoms with E-state index in [2.05, 4.69) is 5.32 Å². The van der Waals surface area contributed by atoms with Gasteiger partial charge in [0, 0.05) is 17.4 Å². The summed E-state index contributed by atoms with van der Waals surface area (Å²) in [5, 5.41) is 12.3. The molecule has 4 heteroatoms. The molecule has 1 atom stereocenters. The zero-order valence-corrected chi connectivity index (χ0v) is 10.6. The largest absolute Gasteiger partial charge is 0.478 e. The highest BCUT2D eigenvalue weighted by Crippen LogP contribution is 2.22. The van der Waals surface area contributed by atoms with Crippen LogP contribution in [0.5, 0.6) is 0 Å². The van der Waals surface area contributed by atoms with Gasteiger partial charge in [-0.25, -0.2) is 4.79 Å². The topological polar surface area (TPSA) is 75.3 Å². The lowest BCUT2D eigenvalue weighted by molar-refractivity contribution is 0.0698. The highest BCUT2D eigenvalue weighted by Gasteiger charge is 2.10. The predicted molar refractivity (Wildman–Crippen MR) is 76.3 cm³/mol. The average molecular weight is 256 g/mol. The smallest absolute Gasteiger partial charge is 0.337 e. The first-order chi connectivity index (χ1) is 9.08. The lowest BCUT2D eigenvalue weighted by Gasteiger charge is -2.16. The highest BCUT2D eigenvalue weighted by molar-refractivity contribution is 5.94. The lowest BCUT2D eigenvalue weighted by atomic mass is 10.1. The van der Waals surface area contributed by atoms with Gasteiger partial charge in [-0.05, 0) is 30.7 Å². The molecule has 0 aliphatic heterocycles. The van der Waals surface area contributed by atoms with E-state index in [0.717, 1.165) is 11.3 Å². The number of anilines is 2. The van der Waals surface area contributed by atoms with E-state index < -0.39 is 5.97 Å². The number of aromatic carboxylic acids is 1. The van der Waals surface area contributed by atoms with Gasteiger partial charge in [0.1, 0.15) is 0 Å². The van der Waals surface area contributed by atoms with Crippen LogP contribution in [0.3, 0.4) is 0 Å². The Labute approximate surface area is 111 Å². The van der Waals surface area contributed by atoms with Gasteiger partial charge in [0.2, 0.25) is 0 Å². The molecule has 19 heavy (non-hydrogen) atoms. The molecular formula is C15H16N2O2. The zero-order chi connectivity index (χ0) is 13.8. The third-order valence-corrected chi connectivity index (χ3v) is 2.97. The van der Waals surface area contributed by atoms with Crippen LogP contribution in [0.1, 0.15) is 28.9 Å². The molecule has 2 rings (SSSR count). The molecule has 4 N–H and O–H groups in total. The summed E-state index contributed by atoms with van der Waals surface area (Å²) in [6.45, 7) is 2.02. The summed E-state index contributed by atoms with van der Waals surface area (Å²) in [5.74, 6) is -1.02. The Morgan fingerprint density at radius 1 is 1.21 bits per heavy atom. The Balaban J connectivity index is 2.20. The molecule has 1 unspecified atom stereocenters. The number of nitrogen functional groups attached to an aromatic ring is 1. The molecule has 98 valence electrons. The minimum Gasteiger partial charge on any atom is -0.478 e. The van der Waals surface area contributed by atoms with E-state index in [1.807, 2.05) is 37.3 Å². The third-order valence-electron chi connectivity index (χ3n) is 2.97. The van der Waals surface area contributed by atoms with Crippen LogP contribution in [-0.2, 0) is 0 Å². The maximum Gasteiger partial charge on any atom is 0.337 e. The maximum atomic E-state index is 11.0. The first kappa shape index (κ1) is 13.0. The number of carboxylic acids is 1. The van der Waals surface area contributed by atoms with Gasteiger partial charge in [-0.1, -0.05) is 30.3 Å². The number of nitrogens with one attached hydrogen (secondary N) is 1. The summed E-state index contributed by atoms with van der Waals surface area (Å²) in [5.41, 5.74) is 7.88. The highest BCUT2D eigenvalue weighted by atomic mass is 16.4. The first-order valence-electron chi connectivity index (χ1n) is 6.02. The van der Waals surface area contributed by atoms with Crippen LogP contribution in [0.4, 0.5) is 11.4 Å². The fourth-order valence-corrected chi connectivity index (χ4v) is 1.91. The van der Waals surface area contributed by atoms with Crippen molar-refractivity contribution in [3.05, 3.63) is 59.7 Å². The van der Waals surface area contributed by atoms with Crippen molar-refractivity contribution in [3.8, 4) is 0 Å². The summed E-state index contributed by atoms with van der Waals surface area (Å²) in [6.07, 6.45) is 0. The molecule has 0 bridgehead atoms. The van der Waals surface area contributed by atoms with Crippen molar-refractivity contribution in [1.29, 1.82) is 0 Å². The molecule has 0 radical (unpaired) electrons. The Bertz CT molecular complexity index is 582. The molecule has 0 saturated carbocycles. The van der Waals surface area contributed by atoms with E-state index in [1.54, 1.807) is 18.2 Å². The van der Waals surface area contributed by atoms with Crippen molar-refractivity contribution < 1.29 is 9.90 Å². The second-order valence-corrected chi connectivity index (χ2v) is 4.38. The standard InChI is InChI=1S/C15H16N2O2/c1-10(11-5-3-2-4-6-11)17-12-7-8-14(16)13(9-12)15(18)19/h2-10,17H,16H2,1H3,(H,18,19). The Hall–Kier alpha value is -2.49. The van der Waals surface area contributed by atoms with Crippen molar-refractivity contribution in [3.63, 3.8) is 0 Å². The molecule has 0 aliphatic carbocycles. The van der Waals surface area contributed by atoms with E-state index in [-0.39, 0.29) is 17.3 Å². The van der Waals surface area contributed by atoms with Crippen LogP contribution in [0.25, 0.3) is 0 Å². The molecule has 0 spiro atoms. The summed E-state index contributed by atoms with van der Waals surface area (Å²) in [6, 6.07) is 15.0. The van der Waals surface area contributed by atoms with Crippen LogP contribution in [0, 0.1) is 0 Å². The predicted octanol–water partition coefficient (Wildman–Crippen LogP) is 3.14. The van der Waals surface area contributed by atoms with Crippen molar-refractivity contribution in [2.75, 3.05) is 11.1 Å².